The molecule has 0 aromatic carbocycles. The second-order valence-corrected chi connectivity index (χ2v) is 4.41. The fourth-order valence-corrected chi connectivity index (χ4v) is 2.36. The van der Waals surface area contributed by atoms with E-state index in [0.29, 0.717) is 0 Å². The van der Waals surface area contributed by atoms with Gasteiger partial charge >= 0.3 is 0 Å². The van der Waals surface area contributed by atoms with Gasteiger partial charge in [-0.2, -0.15) is 0 Å². The Morgan fingerprint density at radius 1 is 1.44 bits per heavy atom. The quantitative estimate of drug-likeness (QED) is 0.827. The predicted molar refractivity (Wildman–Crippen MR) is 63.1 cm³/mol. The van der Waals surface area contributed by atoms with Crippen LogP contribution in [-0.4, -0.2) is 10.1 Å². The summed E-state index contributed by atoms with van der Waals surface area (Å²) < 4.78 is 5.24. The summed E-state index contributed by atoms with van der Waals surface area (Å²) in [5.74, 6) is 1.64. The summed E-state index contributed by atoms with van der Waals surface area (Å²) in [6.45, 7) is 1.74. The van der Waals surface area contributed by atoms with Crippen molar-refractivity contribution in [2.75, 3.05) is 0 Å². The Kier molecular flexibility index (Phi) is 3.64. The molecule has 0 spiro atoms. The fourth-order valence-electron chi connectivity index (χ4n) is 1.38. The highest BCUT2D eigenvalue weighted by molar-refractivity contribution is 7.98. The Morgan fingerprint density at radius 2 is 2.31 bits per heavy atom. The van der Waals surface area contributed by atoms with Gasteiger partial charge in [0.05, 0.1) is 18.1 Å². The molecule has 0 saturated heterocycles. The molecule has 1 atom stereocenters. The Balaban J connectivity index is 2.09. The number of hydrogen-bond donors (Lipinski definition) is 1. The Hall–Kier alpha value is -1.26. The van der Waals surface area contributed by atoms with E-state index in [1.165, 1.54) is 0 Å². The van der Waals surface area contributed by atoms with Gasteiger partial charge in [0.2, 0.25) is 0 Å². The van der Waals surface area contributed by atoms with Crippen molar-refractivity contribution in [3.63, 3.8) is 0 Å². The number of aliphatic hydroxyl groups excluding tert-OH is 1. The van der Waals surface area contributed by atoms with Gasteiger partial charge < -0.3 is 9.52 Å². The molecule has 0 unspecified atom stereocenters. The molecule has 1 N–H and O–H groups in total. The van der Waals surface area contributed by atoms with Gasteiger partial charge in [0.15, 0.2) is 0 Å². The third-order valence-electron chi connectivity index (χ3n) is 2.18. The fraction of sp³-hybridized carbons (Fsp3) is 0.250. The lowest BCUT2D eigenvalue weighted by molar-refractivity contribution is 0.195. The molecule has 0 aliphatic rings. The smallest absolute Gasteiger partial charge is 0.114 e. The molecule has 0 aliphatic heterocycles. The van der Waals surface area contributed by atoms with Crippen molar-refractivity contribution in [2.24, 2.45) is 0 Å². The summed E-state index contributed by atoms with van der Waals surface area (Å²) >= 11 is 1.57. The minimum absolute atomic E-state index is 0.493. The Labute approximate surface area is 98.5 Å². The molecular weight excluding hydrogens is 222 g/mol. The van der Waals surface area contributed by atoms with Crippen LogP contribution in [0.15, 0.2) is 46.2 Å². The average Bonchev–Trinajstić information content (AvgIpc) is 2.79. The largest absolute Gasteiger partial charge is 0.468 e. The summed E-state index contributed by atoms with van der Waals surface area (Å²) in [5, 5.41) is 10.4. The van der Waals surface area contributed by atoms with Gasteiger partial charge in [-0.05, 0) is 25.1 Å². The van der Waals surface area contributed by atoms with E-state index in [-0.39, 0.29) is 0 Å². The molecule has 0 radical (unpaired) electrons. The topological polar surface area (TPSA) is 46.3 Å². The molecule has 3 nitrogen and oxygen atoms in total. The van der Waals surface area contributed by atoms with Gasteiger partial charge in [0, 0.05) is 11.8 Å². The van der Waals surface area contributed by atoms with Crippen molar-refractivity contribution in [3.8, 4) is 0 Å². The van der Waals surface area contributed by atoms with Crippen molar-refractivity contribution < 1.29 is 9.52 Å². The Bertz CT molecular complexity index is 440. The van der Waals surface area contributed by atoms with E-state index in [4.69, 9.17) is 4.42 Å². The maximum atomic E-state index is 9.58. The standard InChI is InChI=1S/C12H13NO2S/c1-9(14)11-5-2-6-13-12(11)16-8-10-4-3-7-15-10/h2-7,9,14H,8H2,1H3/t9-/m0/s1. The first-order chi connectivity index (χ1) is 7.77. The van der Waals surface area contributed by atoms with Gasteiger partial charge in [0.25, 0.3) is 0 Å². The molecule has 2 aromatic heterocycles. The van der Waals surface area contributed by atoms with Crippen LogP contribution in [0.2, 0.25) is 0 Å². The van der Waals surface area contributed by atoms with Gasteiger partial charge in [-0.3, -0.25) is 0 Å². The molecule has 2 rings (SSSR count). The second-order valence-electron chi connectivity index (χ2n) is 3.44. The maximum absolute atomic E-state index is 9.58. The van der Waals surface area contributed by atoms with E-state index in [0.717, 1.165) is 22.1 Å². The molecular formula is C12H13NO2S. The van der Waals surface area contributed by atoms with Crippen molar-refractivity contribution in [2.45, 2.75) is 23.8 Å². The van der Waals surface area contributed by atoms with Crippen LogP contribution in [0.25, 0.3) is 0 Å². The first-order valence-electron chi connectivity index (χ1n) is 5.05. The molecule has 2 heterocycles. The normalized spacial score (nSPS) is 12.6. The zero-order chi connectivity index (χ0) is 11.4. The first kappa shape index (κ1) is 11.2. The van der Waals surface area contributed by atoms with Crippen LogP contribution in [0.4, 0.5) is 0 Å². The van der Waals surface area contributed by atoms with E-state index in [1.54, 1.807) is 31.1 Å². The minimum Gasteiger partial charge on any atom is -0.468 e. The lowest BCUT2D eigenvalue weighted by Gasteiger charge is -2.09. The number of aliphatic hydroxyl groups is 1. The van der Waals surface area contributed by atoms with E-state index >= 15 is 0 Å². The summed E-state index contributed by atoms with van der Waals surface area (Å²) in [5.41, 5.74) is 0.860. The summed E-state index contributed by atoms with van der Waals surface area (Å²) in [6.07, 6.45) is 2.90. The van der Waals surface area contributed by atoms with Crippen LogP contribution in [0.5, 0.6) is 0 Å². The third kappa shape index (κ3) is 2.65. The van der Waals surface area contributed by atoms with E-state index in [9.17, 15) is 5.11 Å². The highest BCUT2D eigenvalue weighted by atomic mass is 32.2. The van der Waals surface area contributed by atoms with Crippen molar-refractivity contribution in [1.82, 2.24) is 4.98 Å². The number of hydrogen-bond acceptors (Lipinski definition) is 4. The van der Waals surface area contributed by atoms with Crippen LogP contribution < -0.4 is 0 Å². The van der Waals surface area contributed by atoms with Crippen molar-refractivity contribution in [3.05, 3.63) is 48.0 Å². The number of thioether (sulfide) groups is 1. The average molecular weight is 235 g/mol. The van der Waals surface area contributed by atoms with Crippen LogP contribution >= 0.6 is 11.8 Å². The van der Waals surface area contributed by atoms with E-state index in [1.807, 2.05) is 24.3 Å². The van der Waals surface area contributed by atoms with Crippen LogP contribution in [0, 0.1) is 0 Å². The number of nitrogens with zero attached hydrogens (tertiary/aromatic N) is 1. The lowest BCUT2D eigenvalue weighted by atomic mass is 10.2. The number of aromatic nitrogens is 1. The van der Waals surface area contributed by atoms with E-state index < -0.39 is 6.10 Å². The molecule has 0 amide bonds. The molecule has 2 aromatic rings. The molecule has 0 fully saturated rings. The summed E-state index contributed by atoms with van der Waals surface area (Å²) in [7, 11) is 0. The van der Waals surface area contributed by atoms with Gasteiger partial charge in [-0.25, -0.2) is 4.98 Å². The van der Waals surface area contributed by atoms with Crippen LogP contribution in [0.3, 0.4) is 0 Å². The molecule has 84 valence electrons. The van der Waals surface area contributed by atoms with Crippen molar-refractivity contribution >= 4 is 11.8 Å². The number of furan rings is 1. The van der Waals surface area contributed by atoms with Crippen LogP contribution in [-0.2, 0) is 5.75 Å². The number of rotatable bonds is 4. The molecule has 0 bridgehead atoms. The van der Waals surface area contributed by atoms with Gasteiger partial charge in [-0.1, -0.05) is 17.8 Å². The third-order valence-corrected chi connectivity index (χ3v) is 3.23. The van der Waals surface area contributed by atoms with Gasteiger partial charge in [0.1, 0.15) is 10.8 Å². The molecule has 0 aliphatic carbocycles. The van der Waals surface area contributed by atoms with Crippen LogP contribution in [0.1, 0.15) is 24.4 Å². The highest BCUT2D eigenvalue weighted by Crippen LogP contribution is 2.27. The van der Waals surface area contributed by atoms with E-state index in [2.05, 4.69) is 4.98 Å². The monoisotopic (exact) mass is 235 g/mol. The SMILES string of the molecule is C[C@H](O)c1cccnc1SCc1ccco1. The second kappa shape index (κ2) is 5.18. The first-order valence-corrected chi connectivity index (χ1v) is 6.04. The summed E-state index contributed by atoms with van der Waals surface area (Å²) in [4.78, 5) is 4.26. The molecule has 4 heteroatoms. The lowest BCUT2D eigenvalue weighted by Crippen LogP contribution is -1.96. The Morgan fingerprint density at radius 3 is 3.00 bits per heavy atom. The molecule has 0 saturated carbocycles. The zero-order valence-electron chi connectivity index (χ0n) is 8.96. The number of pyridine rings is 1. The van der Waals surface area contributed by atoms with Crippen molar-refractivity contribution in [1.29, 1.82) is 0 Å². The highest BCUT2D eigenvalue weighted by Gasteiger charge is 2.09. The minimum atomic E-state index is -0.493. The molecule has 16 heavy (non-hydrogen) atoms. The predicted octanol–water partition coefficient (Wildman–Crippen LogP) is 3.02. The van der Waals surface area contributed by atoms with Gasteiger partial charge in [-0.15, -0.1) is 0 Å². The summed E-state index contributed by atoms with van der Waals surface area (Å²) in [6, 6.07) is 7.52. The maximum Gasteiger partial charge on any atom is 0.114 e. The zero-order valence-corrected chi connectivity index (χ0v) is 9.78.